The lowest BCUT2D eigenvalue weighted by molar-refractivity contribution is -0.384. The van der Waals surface area contributed by atoms with Gasteiger partial charge in [0.15, 0.2) is 6.61 Å². The van der Waals surface area contributed by atoms with Gasteiger partial charge in [-0.05, 0) is 56.7 Å². The van der Waals surface area contributed by atoms with Gasteiger partial charge in [0.1, 0.15) is 17.1 Å². The molecule has 0 aliphatic heterocycles. The van der Waals surface area contributed by atoms with E-state index in [-0.39, 0.29) is 16.9 Å². The molecule has 1 heterocycles. The van der Waals surface area contributed by atoms with Crippen molar-refractivity contribution in [2.75, 3.05) is 11.9 Å². The fourth-order valence-corrected chi connectivity index (χ4v) is 3.06. The molecule has 160 valence electrons. The van der Waals surface area contributed by atoms with Gasteiger partial charge >= 0.3 is 5.97 Å². The van der Waals surface area contributed by atoms with Gasteiger partial charge in [-0.1, -0.05) is 6.07 Å². The Bertz CT molecular complexity index is 1170. The Kier molecular flexibility index (Phi) is 6.10. The van der Waals surface area contributed by atoms with Crippen molar-refractivity contribution in [3.05, 3.63) is 80.9 Å². The van der Waals surface area contributed by atoms with E-state index in [1.165, 1.54) is 41.1 Å². The lowest BCUT2D eigenvalue weighted by Crippen LogP contribution is -2.22. The highest BCUT2D eigenvalue weighted by Crippen LogP contribution is 2.25. The number of nitrogens with one attached hydrogen (secondary N) is 1. The van der Waals surface area contributed by atoms with Crippen molar-refractivity contribution in [3.63, 3.8) is 0 Å². The molecule has 0 fully saturated rings. The highest BCUT2D eigenvalue weighted by molar-refractivity contribution is 5.97. The molecule has 0 spiro atoms. The maximum atomic E-state index is 13.2. The lowest BCUT2D eigenvalue weighted by Gasteiger charge is -2.08. The van der Waals surface area contributed by atoms with Crippen molar-refractivity contribution in [2.24, 2.45) is 0 Å². The summed E-state index contributed by atoms with van der Waals surface area (Å²) in [6.07, 6.45) is 0. The minimum absolute atomic E-state index is 0.00754. The molecule has 3 aromatic rings. The molecule has 0 saturated carbocycles. The number of anilines is 1. The Labute approximate surface area is 176 Å². The Morgan fingerprint density at radius 3 is 2.48 bits per heavy atom. The van der Waals surface area contributed by atoms with Crippen molar-refractivity contribution < 1.29 is 23.6 Å². The van der Waals surface area contributed by atoms with Gasteiger partial charge in [-0.2, -0.15) is 5.10 Å². The number of benzene rings is 2. The van der Waals surface area contributed by atoms with Crippen LogP contribution in [0.5, 0.6) is 0 Å². The van der Waals surface area contributed by atoms with Crippen LogP contribution in [0.25, 0.3) is 5.69 Å². The molecule has 0 unspecified atom stereocenters. The van der Waals surface area contributed by atoms with E-state index >= 15 is 0 Å². The second-order valence-corrected chi connectivity index (χ2v) is 6.84. The van der Waals surface area contributed by atoms with E-state index in [2.05, 4.69) is 10.4 Å². The van der Waals surface area contributed by atoms with Crippen LogP contribution in [0.3, 0.4) is 0 Å². The smallest absolute Gasteiger partial charge is 0.342 e. The number of halogens is 1. The fourth-order valence-electron chi connectivity index (χ4n) is 3.06. The molecular weight excluding hydrogens is 407 g/mol. The predicted octanol–water partition coefficient (Wildman–Crippen LogP) is 3.64. The summed E-state index contributed by atoms with van der Waals surface area (Å²) in [6.45, 7) is 4.32. The number of hydrogen-bond donors (Lipinski definition) is 1. The van der Waals surface area contributed by atoms with Crippen LogP contribution in [-0.2, 0) is 9.53 Å². The van der Waals surface area contributed by atoms with Crippen LogP contribution in [0.1, 0.15) is 27.3 Å². The Morgan fingerprint density at radius 1 is 1.16 bits per heavy atom. The highest BCUT2D eigenvalue weighted by atomic mass is 19.1. The van der Waals surface area contributed by atoms with Gasteiger partial charge in [0, 0.05) is 6.07 Å². The molecule has 1 N–H and O–H groups in total. The molecule has 3 rings (SSSR count). The maximum absolute atomic E-state index is 13.2. The van der Waals surface area contributed by atoms with Crippen LogP contribution < -0.4 is 5.32 Å². The fraction of sp³-hybridized carbons (Fsp3) is 0.190. The second kappa shape index (κ2) is 8.74. The van der Waals surface area contributed by atoms with Crippen molar-refractivity contribution in [3.8, 4) is 5.69 Å². The average Bonchev–Trinajstić information content (AvgIpc) is 3.02. The Balaban J connectivity index is 1.71. The topological polar surface area (TPSA) is 116 Å². The summed E-state index contributed by atoms with van der Waals surface area (Å²) >= 11 is 0. The summed E-state index contributed by atoms with van der Waals surface area (Å²) in [7, 11) is 0. The quantitative estimate of drug-likeness (QED) is 0.365. The molecule has 2 aromatic carbocycles. The lowest BCUT2D eigenvalue weighted by atomic mass is 10.2. The first kappa shape index (κ1) is 21.6. The van der Waals surface area contributed by atoms with Crippen LogP contribution in [0, 0.1) is 36.7 Å². The van der Waals surface area contributed by atoms with Gasteiger partial charge in [-0.15, -0.1) is 0 Å². The maximum Gasteiger partial charge on any atom is 0.342 e. The minimum Gasteiger partial charge on any atom is -0.452 e. The molecule has 1 amide bonds. The van der Waals surface area contributed by atoms with Gasteiger partial charge in [-0.3, -0.25) is 14.9 Å². The molecule has 10 heteroatoms. The van der Waals surface area contributed by atoms with E-state index in [0.717, 1.165) is 0 Å². The molecule has 9 nitrogen and oxygen atoms in total. The standard InChI is InChI=1S/C21H19FN4O5/c1-12-4-9-17(18(10-12)26(29)30)23-19(27)11-31-21(28)20-13(2)24-25(14(20)3)16-7-5-15(22)6-8-16/h4-10H,11H2,1-3H3,(H,23,27). The number of nitro benzene ring substituents is 1. The number of esters is 1. The highest BCUT2D eigenvalue weighted by Gasteiger charge is 2.22. The summed E-state index contributed by atoms with van der Waals surface area (Å²) in [5.41, 5.74) is 1.99. The number of aryl methyl sites for hydroxylation is 2. The summed E-state index contributed by atoms with van der Waals surface area (Å²) in [5, 5.41) is 17.8. The number of amides is 1. The van der Waals surface area contributed by atoms with Crippen LogP contribution >= 0.6 is 0 Å². The van der Waals surface area contributed by atoms with Crippen LogP contribution in [0.2, 0.25) is 0 Å². The largest absolute Gasteiger partial charge is 0.452 e. The third-order valence-electron chi connectivity index (χ3n) is 4.53. The SMILES string of the molecule is Cc1ccc(NC(=O)COC(=O)c2c(C)nn(-c3ccc(F)cc3)c2C)c([N+](=O)[O-])c1. The van der Waals surface area contributed by atoms with Crippen LogP contribution in [0.4, 0.5) is 15.8 Å². The van der Waals surface area contributed by atoms with Crippen molar-refractivity contribution in [2.45, 2.75) is 20.8 Å². The molecule has 0 aliphatic carbocycles. The van der Waals surface area contributed by atoms with Crippen molar-refractivity contribution in [1.82, 2.24) is 9.78 Å². The Hall–Kier alpha value is -4.08. The van der Waals surface area contributed by atoms with E-state index in [1.807, 2.05) is 0 Å². The number of hydrogen-bond acceptors (Lipinski definition) is 6. The molecule has 0 saturated heterocycles. The number of rotatable bonds is 6. The monoisotopic (exact) mass is 426 g/mol. The first-order chi connectivity index (χ1) is 14.7. The first-order valence-corrected chi connectivity index (χ1v) is 9.21. The zero-order valence-corrected chi connectivity index (χ0v) is 17.0. The van der Waals surface area contributed by atoms with Gasteiger partial charge in [-0.25, -0.2) is 13.9 Å². The van der Waals surface area contributed by atoms with Crippen LogP contribution in [0.15, 0.2) is 42.5 Å². The molecule has 0 bridgehead atoms. The average molecular weight is 426 g/mol. The number of carbonyl (C=O) groups is 2. The molecule has 1 aromatic heterocycles. The van der Waals surface area contributed by atoms with Crippen molar-refractivity contribution >= 4 is 23.3 Å². The molecular formula is C21H19FN4O5. The zero-order valence-electron chi connectivity index (χ0n) is 17.0. The molecule has 0 aliphatic rings. The second-order valence-electron chi connectivity index (χ2n) is 6.84. The summed E-state index contributed by atoms with van der Waals surface area (Å²) < 4.78 is 19.7. The third kappa shape index (κ3) is 4.74. The zero-order chi connectivity index (χ0) is 22.7. The Morgan fingerprint density at radius 2 is 1.84 bits per heavy atom. The molecule has 31 heavy (non-hydrogen) atoms. The van der Waals surface area contributed by atoms with Crippen molar-refractivity contribution in [1.29, 1.82) is 0 Å². The van der Waals surface area contributed by atoms with Gasteiger partial charge in [0.25, 0.3) is 11.6 Å². The molecule has 0 radical (unpaired) electrons. The van der Waals surface area contributed by atoms with E-state index in [9.17, 15) is 24.1 Å². The minimum atomic E-state index is -0.767. The van der Waals surface area contributed by atoms with Gasteiger partial charge in [0.2, 0.25) is 0 Å². The number of nitrogens with zero attached hydrogens (tertiary/aromatic N) is 3. The first-order valence-electron chi connectivity index (χ1n) is 9.21. The van der Waals surface area contributed by atoms with E-state index in [0.29, 0.717) is 22.6 Å². The summed E-state index contributed by atoms with van der Waals surface area (Å²) in [6, 6.07) is 9.95. The predicted molar refractivity (Wildman–Crippen MR) is 110 cm³/mol. The van der Waals surface area contributed by atoms with Gasteiger partial charge in [0.05, 0.1) is 22.0 Å². The number of carbonyl (C=O) groups excluding carboxylic acids is 2. The van der Waals surface area contributed by atoms with Gasteiger partial charge < -0.3 is 10.1 Å². The number of nitro groups is 1. The van der Waals surface area contributed by atoms with E-state index < -0.39 is 29.2 Å². The van der Waals surface area contributed by atoms with Crippen LogP contribution in [-0.4, -0.2) is 33.2 Å². The summed E-state index contributed by atoms with van der Waals surface area (Å²) in [4.78, 5) is 35.3. The molecule has 0 atom stereocenters. The summed E-state index contributed by atoms with van der Waals surface area (Å²) in [5.74, 6) is -1.89. The van der Waals surface area contributed by atoms with E-state index in [1.54, 1.807) is 26.8 Å². The normalized spacial score (nSPS) is 10.6. The number of aromatic nitrogens is 2. The van der Waals surface area contributed by atoms with E-state index in [4.69, 9.17) is 4.74 Å². The third-order valence-corrected chi connectivity index (χ3v) is 4.53. The number of ether oxygens (including phenoxy) is 1.